The molecule has 5 heteroatoms. The van der Waals surface area contributed by atoms with E-state index in [0.29, 0.717) is 5.69 Å². The van der Waals surface area contributed by atoms with Gasteiger partial charge in [-0.1, -0.05) is 12.2 Å². The lowest BCUT2D eigenvalue weighted by Crippen LogP contribution is -2.36. The van der Waals surface area contributed by atoms with Gasteiger partial charge in [-0.15, -0.1) is 0 Å². The van der Waals surface area contributed by atoms with Gasteiger partial charge in [-0.2, -0.15) is 0 Å². The SMILES string of the molecule is O=C(Nc1cccnc1)[C@@H]1[C@H](C(=O)O)[C@@H]2C=C[C@H]1C2. The van der Waals surface area contributed by atoms with Crippen molar-refractivity contribution in [3.63, 3.8) is 0 Å². The lowest BCUT2D eigenvalue weighted by Gasteiger charge is -2.23. The standard InChI is InChI=1S/C14H14N2O3/c17-13(16-10-2-1-5-15-7-10)11-8-3-4-9(6-8)12(11)14(18)19/h1-5,7-9,11-12H,6H2,(H,16,17)(H,18,19)/t8-,9+,11-,12+/m0/s1. The zero-order chi connectivity index (χ0) is 13.4. The van der Waals surface area contributed by atoms with Crippen molar-refractivity contribution in [2.45, 2.75) is 6.42 Å². The van der Waals surface area contributed by atoms with Crippen LogP contribution in [-0.4, -0.2) is 22.0 Å². The van der Waals surface area contributed by atoms with Crippen molar-refractivity contribution in [1.82, 2.24) is 4.98 Å². The average Bonchev–Trinajstić information content (AvgIpc) is 2.99. The zero-order valence-corrected chi connectivity index (χ0v) is 10.2. The van der Waals surface area contributed by atoms with Gasteiger partial charge in [0.15, 0.2) is 0 Å². The molecule has 2 bridgehead atoms. The number of hydrogen-bond acceptors (Lipinski definition) is 3. The fraction of sp³-hybridized carbons (Fsp3) is 0.357. The molecule has 1 amide bonds. The van der Waals surface area contributed by atoms with Crippen LogP contribution in [0.4, 0.5) is 5.69 Å². The second-order valence-electron chi connectivity index (χ2n) is 5.07. The number of amides is 1. The molecule has 0 aliphatic heterocycles. The highest BCUT2D eigenvalue weighted by atomic mass is 16.4. The molecule has 2 aliphatic rings. The summed E-state index contributed by atoms with van der Waals surface area (Å²) in [4.78, 5) is 27.5. The molecule has 1 saturated carbocycles. The summed E-state index contributed by atoms with van der Waals surface area (Å²) in [7, 11) is 0. The van der Waals surface area contributed by atoms with Crippen molar-refractivity contribution in [1.29, 1.82) is 0 Å². The summed E-state index contributed by atoms with van der Waals surface area (Å²) in [5.74, 6) is -2.16. The summed E-state index contributed by atoms with van der Waals surface area (Å²) in [6.45, 7) is 0. The van der Waals surface area contributed by atoms with E-state index in [9.17, 15) is 14.7 Å². The predicted octanol–water partition coefficient (Wildman–Crippen LogP) is 1.54. The average molecular weight is 258 g/mol. The number of nitrogens with zero attached hydrogens (tertiary/aromatic N) is 1. The maximum Gasteiger partial charge on any atom is 0.307 e. The van der Waals surface area contributed by atoms with Crippen molar-refractivity contribution >= 4 is 17.6 Å². The number of carboxylic acids is 1. The largest absolute Gasteiger partial charge is 0.481 e. The highest BCUT2D eigenvalue weighted by Gasteiger charge is 2.51. The summed E-state index contributed by atoms with van der Waals surface area (Å²) in [5, 5.41) is 12.0. The number of allylic oxidation sites excluding steroid dienone is 2. The molecule has 0 radical (unpaired) electrons. The monoisotopic (exact) mass is 258 g/mol. The number of carbonyl (C=O) groups is 2. The molecule has 3 rings (SSSR count). The summed E-state index contributed by atoms with van der Waals surface area (Å²) in [5.41, 5.74) is 0.600. The van der Waals surface area contributed by atoms with Gasteiger partial charge in [0.25, 0.3) is 0 Å². The molecule has 1 aromatic heterocycles. The lowest BCUT2D eigenvalue weighted by atomic mass is 9.82. The maximum atomic E-state index is 12.3. The minimum atomic E-state index is -0.886. The van der Waals surface area contributed by atoms with Gasteiger partial charge in [-0.05, 0) is 30.4 Å². The van der Waals surface area contributed by atoms with Crippen molar-refractivity contribution in [2.24, 2.45) is 23.7 Å². The van der Waals surface area contributed by atoms with Gasteiger partial charge in [0, 0.05) is 6.20 Å². The number of hydrogen-bond donors (Lipinski definition) is 2. The third kappa shape index (κ3) is 2.01. The van der Waals surface area contributed by atoms with E-state index in [4.69, 9.17) is 0 Å². The molecule has 2 aliphatic carbocycles. The first-order valence-electron chi connectivity index (χ1n) is 6.29. The summed E-state index contributed by atoms with van der Waals surface area (Å²) in [6, 6.07) is 3.47. The van der Waals surface area contributed by atoms with Crippen molar-refractivity contribution in [2.75, 3.05) is 5.32 Å². The Morgan fingerprint density at radius 2 is 2.00 bits per heavy atom. The van der Waals surface area contributed by atoms with Crippen LogP contribution in [0.1, 0.15) is 6.42 Å². The lowest BCUT2D eigenvalue weighted by molar-refractivity contribution is -0.146. The molecule has 1 heterocycles. The molecule has 98 valence electrons. The van der Waals surface area contributed by atoms with E-state index in [1.807, 2.05) is 12.2 Å². The van der Waals surface area contributed by atoms with E-state index in [0.717, 1.165) is 6.42 Å². The molecule has 0 unspecified atom stereocenters. The molecule has 1 fully saturated rings. The Labute approximate surface area is 110 Å². The number of nitrogens with one attached hydrogen (secondary N) is 1. The van der Waals surface area contributed by atoms with Crippen LogP contribution in [0.2, 0.25) is 0 Å². The van der Waals surface area contributed by atoms with Gasteiger partial charge >= 0.3 is 5.97 Å². The Morgan fingerprint density at radius 3 is 2.63 bits per heavy atom. The van der Waals surface area contributed by atoms with Crippen LogP contribution < -0.4 is 5.32 Å². The summed E-state index contributed by atoms with van der Waals surface area (Å²) < 4.78 is 0. The van der Waals surface area contributed by atoms with Crippen LogP contribution in [0.3, 0.4) is 0 Å². The molecule has 2 N–H and O–H groups in total. The van der Waals surface area contributed by atoms with E-state index in [-0.39, 0.29) is 17.7 Å². The van der Waals surface area contributed by atoms with E-state index in [1.54, 1.807) is 24.5 Å². The highest BCUT2D eigenvalue weighted by Crippen LogP contribution is 2.48. The normalized spacial score (nSPS) is 31.4. The van der Waals surface area contributed by atoms with Crippen LogP contribution >= 0.6 is 0 Å². The first kappa shape index (κ1) is 11.9. The molecule has 0 spiro atoms. The van der Waals surface area contributed by atoms with Gasteiger partial charge in [0.2, 0.25) is 5.91 Å². The fourth-order valence-electron chi connectivity index (χ4n) is 3.18. The van der Waals surface area contributed by atoms with Crippen molar-refractivity contribution in [3.8, 4) is 0 Å². The Morgan fingerprint density at radius 1 is 1.26 bits per heavy atom. The molecule has 19 heavy (non-hydrogen) atoms. The van der Waals surface area contributed by atoms with Crippen LogP contribution in [0.15, 0.2) is 36.7 Å². The number of carboxylic acid groups (broad SMARTS) is 1. The first-order chi connectivity index (χ1) is 9.16. The van der Waals surface area contributed by atoms with E-state index < -0.39 is 17.8 Å². The van der Waals surface area contributed by atoms with Gasteiger partial charge in [0.05, 0.1) is 23.7 Å². The van der Waals surface area contributed by atoms with Crippen molar-refractivity contribution in [3.05, 3.63) is 36.7 Å². The first-order valence-corrected chi connectivity index (χ1v) is 6.29. The molecule has 1 aromatic rings. The van der Waals surface area contributed by atoms with Gasteiger partial charge in [-0.3, -0.25) is 14.6 Å². The highest BCUT2D eigenvalue weighted by molar-refractivity contribution is 5.96. The summed E-state index contributed by atoms with van der Waals surface area (Å²) in [6.07, 6.45) is 7.84. The van der Waals surface area contributed by atoms with E-state index in [2.05, 4.69) is 10.3 Å². The molecule has 0 aromatic carbocycles. The Balaban J connectivity index is 1.79. The van der Waals surface area contributed by atoms with Crippen LogP contribution in [0.5, 0.6) is 0 Å². The van der Waals surface area contributed by atoms with Crippen LogP contribution in [0.25, 0.3) is 0 Å². The third-order valence-corrected chi connectivity index (χ3v) is 3.98. The number of aromatic nitrogens is 1. The van der Waals surface area contributed by atoms with Gasteiger partial charge in [-0.25, -0.2) is 0 Å². The Hall–Kier alpha value is -2.17. The van der Waals surface area contributed by atoms with E-state index >= 15 is 0 Å². The molecular formula is C14H14N2O3. The minimum Gasteiger partial charge on any atom is -0.481 e. The molecular weight excluding hydrogens is 244 g/mol. The quantitative estimate of drug-likeness (QED) is 0.806. The number of pyridine rings is 1. The van der Waals surface area contributed by atoms with Crippen LogP contribution in [0, 0.1) is 23.7 Å². The second-order valence-corrected chi connectivity index (χ2v) is 5.07. The summed E-state index contributed by atoms with van der Waals surface area (Å²) >= 11 is 0. The molecule has 4 atom stereocenters. The number of carbonyl (C=O) groups excluding carboxylic acids is 1. The minimum absolute atomic E-state index is 0.00727. The zero-order valence-electron chi connectivity index (χ0n) is 10.2. The van der Waals surface area contributed by atoms with E-state index in [1.165, 1.54) is 0 Å². The van der Waals surface area contributed by atoms with Gasteiger partial charge < -0.3 is 10.4 Å². The van der Waals surface area contributed by atoms with Crippen LogP contribution in [-0.2, 0) is 9.59 Å². The topological polar surface area (TPSA) is 79.3 Å². The maximum absolute atomic E-state index is 12.3. The Kier molecular flexibility index (Phi) is 2.81. The number of anilines is 1. The predicted molar refractivity (Wildman–Crippen MR) is 68.2 cm³/mol. The second kappa shape index (κ2) is 4.50. The third-order valence-electron chi connectivity index (χ3n) is 3.98. The Bertz CT molecular complexity index is 541. The van der Waals surface area contributed by atoms with Gasteiger partial charge in [0.1, 0.15) is 0 Å². The number of rotatable bonds is 3. The number of aliphatic carboxylic acids is 1. The fourth-order valence-corrected chi connectivity index (χ4v) is 3.18. The smallest absolute Gasteiger partial charge is 0.307 e. The van der Waals surface area contributed by atoms with Crippen molar-refractivity contribution < 1.29 is 14.7 Å². The molecule has 0 saturated heterocycles. The number of fused-ring (bicyclic) bond motifs is 2. The molecule has 5 nitrogen and oxygen atoms in total.